The van der Waals surface area contributed by atoms with E-state index in [4.69, 9.17) is 9.47 Å². The summed E-state index contributed by atoms with van der Waals surface area (Å²) < 4.78 is 11.1. The van der Waals surface area contributed by atoms with Gasteiger partial charge in [0.05, 0.1) is 11.6 Å². The number of likely N-dealkylation sites (N-methyl/N-ethyl adjacent to an activating group) is 1. The van der Waals surface area contributed by atoms with Crippen LogP contribution in [-0.2, 0) is 0 Å². The zero-order valence-corrected chi connectivity index (χ0v) is 11.5. The molecule has 19 heavy (non-hydrogen) atoms. The Labute approximate surface area is 118 Å². The number of benzene rings is 1. The summed E-state index contributed by atoms with van der Waals surface area (Å²) in [7, 11) is 1.83. The fourth-order valence-electron chi connectivity index (χ4n) is 2.15. The lowest BCUT2D eigenvalue weighted by atomic mass is 10.1. The molecule has 0 saturated carbocycles. The zero-order valence-electron chi connectivity index (χ0n) is 10.7. The van der Waals surface area contributed by atoms with Gasteiger partial charge < -0.3 is 19.7 Å². The number of fused-ring (bicyclic) bond motifs is 1. The first-order valence-electron chi connectivity index (χ1n) is 6.14. The Morgan fingerprint density at radius 1 is 1.32 bits per heavy atom. The van der Waals surface area contributed by atoms with E-state index in [0.717, 1.165) is 13.1 Å². The smallest absolute Gasteiger partial charge is 0.257 e. The number of carbonyl (C=O) groups is 1. The summed E-state index contributed by atoms with van der Waals surface area (Å²) >= 11 is 0. The van der Waals surface area contributed by atoms with E-state index >= 15 is 0 Å². The van der Waals surface area contributed by atoms with Crippen molar-refractivity contribution in [3.63, 3.8) is 0 Å². The highest BCUT2D eigenvalue weighted by molar-refractivity contribution is 5.98. The van der Waals surface area contributed by atoms with Crippen molar-refractivity contribution in [2.24, 2.45) is 0 Å². The summed E-state index contributed by atoms with van der Waals surface area (Å²) in [5, 5.41) is 3.16. The molecule has 1 aromatic rings. The summed E-state index contributed by atoms with van der Waals surface area (Å²) in [6, 6.07) is 5.72. The molecule has 0 aliphatic carbocycles. The minimum Gasteiger partial charge on any atom is -0.486 e. The SMILES string of the molecule is CN(C(=O)c1cccc2c1OCCO2)C1CNC1.Cl. The molecule has 1 N–H and O–H groups in total. The second-order valence-electron chi connectivity index (χ2n) is 4.56. The number of ether oxygens (including phenoxy) is 2. The van der Waals surface area contributed by atoms with Gasteiger partial charge in [-0.15, -0.1) is 12.4 Å². The number of nitrogens with one attached hydrogen (secondary N) is 1. The molecule has 1 fully saturated rings. The second-order valence-corrected chi connectivity index (χ2v) is 4.56. The molecule has 5 nitrogen and oxygen atoms in total. The average molecular weight is 285 g/mol. The zero-order chi connectivity index (χ0) is 12.5. The normalized spacial score (nSPS) is 17.1. The maximum Gasteiger partial charge on any atom is 0.257 e. The van der Waals surface area contributed by atoms with Crippen LogP contribution in [0.3, 0.4) is 0 Å². The number of hydrogen-bond acceptors (Lipinski definition) is 4. The van der Waals surface area contributed by atoms with Crippen molar-refractivity contribution in [3.05, 3.63) is 23.8 Å². The predicted octanol–water partition coefficient (Wildman–Crippen LogP) is 0.923. The van der Waals surface area contributed by atoms with E-state index in [9.17, 15) is 4.79 Å². The van der Waals surface area contributed by atoms with E-state index in [1.807, 2.05) is 19.2 Å². The highest BCUT2D eigenvalue weighted by Gasteiger charge is 2.29. The first-order valence-corrected chi connectivity index (χ1v) is 6.14. The molecule has 3 rings (SSSR count). The third kappa shape index (κ3) is 2.48. The molecule has 2 aliphatic heterocycles. The van der Waals surface area contributed by atoms with Crippen LogP contribution in [0.2, 0.25) is 0 Å². The fraction of sp³-hybridized carbons (Fsp3) is 0.462. The van der Waals surface area contributed by atoms with Gasteiger partial charge in [0.15, 0.2) is 11.5 Å². The molecular weight excluding hydrogens is 268 g/mol. The summed E-state index contributed by atoms with van der Waals surface area (Å²) in [6.45, 7) is 2.74. The number of halogens is 1. The van der Waals surface area contributed by atoms with Gasteiger partial charge in [-0.25, -0.2) is 0 Å². The van der Waals surface area contributed by atoms with Gasteiger partial charge in [-0.2, -0.15) is 0 Å². The highest BCUT2D eigenvalue weighted by Crippen LogP contribution is 2.34. The number of para-hydroxylation sites is 1. The third-order valence-corrected chi connectivity index (χ3v) is 3.42. The van der Waals surface area contributed by atoms with Crippen LogP contribution in [0, 0.1) is 0 Å². The largest absolute Gasteiger partial charge is 0.486 e. The summed E-state index contributed by atoms with van der Waals surface area (Å²) in [5.74, 6) is 1.23. The first-order chi connectivity index (χ1) is 8.77. The molecule has 104 valence electrons. The van der Waals surface area contributed by atoms with Gasteiger partial charge >= 0.3 is 0 Å². The Morgan fingerprint density at radius 3 is 2.74 bits per heavy atom. The number of rotatable bonds is 2. The lowest BCUT2D eigenvalue weighted by molar-refractivity contribution is 0.0671. The van der Waals surface area contributed by atoms with Crippen molar-refractivity contribution < 1.29 is 14.3 Å². The molecule has 1 aromatic carbocycles. The standard InChI is InChI=1S/C13H16N2O3.ClH/c1-15(9-7-14-8-9)13(16)10-3-2-4-11-12(10)18-6-5-17-11;/h2-4,9,14H,5-8H2,1H3;1H. The Hall–Kier alpha value is -1.46. The van der Waals surface area contributed by atoms with Crippen molar-refractivity contribution in [3.8, 4) is 11.5 Å². The van der Waals surface area contributed by atoms with Gasteiger partial charge in [0, 0.05) is 20.1 Å². The average Bonchev–Trinajstić information content (AvgIpc) is 2.35. The molecule has 0 spiro atoms. The van der Waals surface area contributed by atoms with Gasteiger partial charge in [-0.05, 0) is 12.1 Å². The topological polar surface area (TPSA) is 50.8 Å². The van der Waals surface area contributed by atoms with E-state index < -0.39 is 0 Å². The van der Waals surface area contributed by atoms with E-state index in [1.165, 1.54) is 0 Å². The molecule has 0 unspecified atom stereocenters. The second kappa shape index (κ2) is 5.67. The van der Waals surface area contributed by atoms with Gasteiger partial charge in [0.1, 0.15) is 13.2 Å². The predicted molar refractivity (Wildman–Crippen MR) is 73.4 cm³/mol. The third-order valence-electron chi connectivity index (χ3n) is 3.42. The van der Waals surface area contributed by atoms with Crippen LogP contribution in [-0.4, -0.2) is 50.2 Å². The molecule has 0 radical (unpaired) electrons. The van der Waals surface area contributed by atoms with E-state index in [-0.39, 0.29) is 24.4 Å². The van der Waals surface area contributed by atoms with Crippen molar-refractivity contribution >= 4 is 18.3 Å². The van der Waals surface area contributed by atoms with Crippen molar-refractivity contribution in [1.82, 2.24) is 10.2 Å². The van der Waals surface area contributed by atoms with E-state index in [2.05, 4.69) is 5.32 Å². The van der Waals surface area contributed by atoms with Crippen molar-refractivity contribution in [2.75, 3.05) is 33.4 Å². The Morgan fingerprint density at radius 2 is 2.05 bits per heavy atom. The molecule has 1 amide bonds. The fourth-order valence-corrected chi connectivity index (χ4v) is 2.15. The van der Waals surface area contributed by atoms with Crippen molar-refractivity contribution in [1.29, 1.82) is 0 Å². The summed E-state index contributed by atoms with van der Waals surface area (Å²) in [6.07, 6.45) is 0. The summed E-state index contributed by atoms with van der Waals surface area (Å²) in [4.78, 5) is 14.2. The van der Waals surface area contributed by atoms with Crippen LogP contribution in [0.1, 0.15) is 10.4 Å². The molecule has 1 saturated heterocycles. The molecule has 2 heterocycles. The molecular formula is C13H17ClN2O3. The highest BCUT2D eigenvalue weighted by atomic mass is 35.5. The van der Waals surface area contributed by atoms with Crippen LogP contribution in [0.15, 0.2) is 18.2 Å². The number of carbonyl (C=O) groups excluding carboxylic acids is 1. The maximum atomic E-state index is 12.4. The monoisotopic (exact) mass is 284 g/mol. The quantitative estimate of drug-likeness (QED) is 0.878. The summed E-state index contributed by atoms with van der Waals surface area (Å²) in [5.41, 5.74) is 0.585. The van der Waals surface area contributed by atoms with Gasteiger partial charge in [-0.1, -0.05) is 6.07 Å². The van der Waals surface area contributed by atoms with Crippen LogP contribution in [0.5, 0.6) is 11.5 Å². The minimum absolute atomic E-state index is 0. The van der Waals surface area contributed by atoms with Crippen LogP contribution in [0.4, 0.5) is 0 Å². The van der Waals surface area contributed by atoms with Crippen molar-refractivity contribution in [2.45, 2.75) is 6.04 Å². The van der Waals surface area contributed by atoms with E-state index in [1.54, 1.807) is 11.0 Å². The van der Waals surface area contributed by atoms with Crippen LogP contribution in [0.25, 0.3) is 0 Å². The minimum atomic E-state index is -0.0103. The molecule has 0 atom stereocenters. The Bertz CT molecular complexity index is 477. The maximum absolute atomic E-state index is 12.4. The molecule has 0 aromatic heterocycles. The van der Waals surface area contributed by atoms with Crippen LogP contribution < -0.4 is 14.8 Å². The lowest BCUT2D eigenvalue weighted by Crippen LogP contribution is -2.57. The molecule has 6 heteroatoms. The Balaban J connectivity index is 0.00000133. The van der Waals surface area contributed by atoms with Gasteiger partial charge in [0.25, 0.3) is 5.91 Å². The van der Waals surface area contributed by atoms with E-state index in [0.29, 0.717) is 30.3 Å². The van der Waals surface area contributed by atoms with Crippen LogP contribution >= 0.6 is 12.4 Å². The first kappa shape index (κ1) is 14.0. The number of nitrogens with zero attached hydrogens (tertiary/aromatic N) is 1. The number of hydrogen-bond donors (Lipinski definition) is 1. The lowest BCUT2D eigenvalue weighted by Gasteiger charge is -2.36. The molecule has 2 aliphatic rings. The van der Waals surface area contributed by atoms with Gasteiger partial charge in [-0.3, -0.25) is 4.79 Å². The van der Waals surface area contributed by atoms with Gasteiger partial charge in [0.2, 0.25) is 0 Å². The molecule has 0 bridgehead atoms. The number of amides is 1. The Kier molecular flexibility index (Phi) is 4.17.